The fourth-order valence-corrected chi connectivity index (χ4v) is 1.66. The first-order valence-corrected chi connectivity index (χ1v) is 5.85. The molecular weight excluding hydrogens is 246 g/mol. The van der Waals surface area contributed by atoms with Gasteiger partial charge in [0.05, 0.1) is 0 Å². The lowest BCUT2D eigenvalue weighted by Gasteiger charge is -2.08. The summed E-state index contributed by atoms with van der Waals surface area (Å²) in [5.74, 6) is 0.0916. The molecule has 2 N–H and O–H groups in total. The van der Waals surface area contributed by atoms with Crippen LogP contribution < -0.4 is 5.32 Å². The second kappa shape index (κ2) is 5.47. The molecule has 0 radical (unpaired) electrons. The Balaban J connectivity index is 2.02. The average Bonchev–Trinajstić information content (AvgIpc) is 2.75. The van der Waals surface area contributed by atoms with Crippen LogP contribution in [0.2, 0.25) is 0 Å². The van der Waals surface area contributed by atoms with Crippen LogP contribution in [0.3, 0.4) is 0 Å². The summed E-state index contributed by atoms with van der Waals surface area (Å²) in [6, 6.07) is 3.22. The van der Waals surface area contributed by atoms with Gasteiger partial charge in [-0.25, -0.2) is 14.8 Å². The number of hydrogen-bond donors (Lipinski definition) is 2. The number of pyridine rings is 1. The molecule has 0 fully saturated rings. The Morgan fingerprint density at radius 1 is 1.47 bits per heavy atom. The van der Waals surface area contributed by atoms with Gasteiger partial charge in [-0.05, 0) is 19.1 Å². The Hall–Kier alpha value is -2.44. The van der Waals surface area contributed by atoms with Crippen molar-refractivity contribution in [1.29, 1.82) is 0 Å². The van der Waals surface area contributed by atoms with Crippen molar-refractivity contribution in [2.45, 2.75) is 13.3 Å². The minimum absolute atomic E-state index is 0.166. The van der Waals surface area contributed by atoms with E-state index in [0.29, 0.717) is 24.6 Å². The molecule has 7 heteroatoms. The predicted octanol–water partition coefficient (Wildman–Crippen LogP) is 0.871. The molecule has 0 aromatic carbocycles. The van der Waals surface area contributed by atoms with E-state index in [0.717, 1.165) is 5.69 Å². The van der Waals surface area contributed by atoms with E-state index in [-0.39, 0.29) is 5.56 Å². The molecule has 100 valence electrons. The van der Waals surface area contributed by atoms with E-state index >= 15 is 0 Å². The van der Waals surface area contributed by atoms with Gasteiger partial charge in [0.1, 0.15) is 17.7 Å². The van der Waals surface area contributed by atoms with Crippen LogP contribution >= 0.6 is 0 Å². The van der Waals surface area contributed by atoms with E-state index in [1.807, 2.05) is 6.92 Å². The summed E-state index contributed by atoms with van der Waals surface area (Å²) in [4.78, 5) is 19.4. The number of carboxylic acids is 1. The highest BCUT2D eigenvalue weighted by atomic mass is 16.4. The van der Waals surface area contributed by atoms with Crippen molar-refractivity contribution in [3.05, 3.63) is 35.5 Å². The van der Waals surface area contributed by atoms with Crippen molar-refractivity contribution in [2.75, 3.05) is 11.9 Å². The van der Waals surface area contributed by atoms with E-state index in [1.165, 1.54) is 0 Å². The van der Waals surface area contributed by atoms with Gasteiger partial charge in [-0.1, -0.05) is 0 Å². The highest BCUT2D eigenvalue weighted by Crippen LogP contribution is 2.13. The van der Waals surface area contributed by atoms with E-state index < -0.39 is 5.97 Å². The Morgan fingerprint density at radius 3 is 2.89 bits per heavy atom. The lowest BCUT2D eigenvalue weighted by molar-refractivity contribution is 0.0697. The summed E-state index contributed by atoms with van der Waals surface area (Å²) < 4.78 is 1.63. The number of aromatic carboxylic acids is 1. The maximum Gasteiger partial charge on any atom is 0.339 e. The van der Waals surface area contributed by atoms with Crippen LogP contribution in [-0.2, 0) is 13.5 Å². The average molecular weight is 261 g/mol. The maximum absolute atomic E-state index is 11.1. The quantitative estimate of drug-likeness (QED) is 0.829. The highest BCUT2D eigenvalue weighted by molar-refractivity contribution is 5.93. The van der Waals surface area contributed by atoms with Crippen LogP contribution in [0.25, 0.3) is 0 Å². The van der Waals surface area contributed by atoms with Crippen molar-refractivity contribution in [2.24, 2.45) is 7.05 Å². The number of carboxylic acid groups (broad SMARTS) is 1. The van der Waals surface area contributed by atoms with Crippen molar-refractivity contribution >= 4 is 11.8 Å². The van der Waals surface area contributed by atoms with Gasteiger partial charge in [0.25, 0.3) is 0 Å². The molecule has 0 saturated carbocycles. The molecule has 0 saturated heterocycles. The third kappa shape index (κ3) is 3.27. The van der Waals surface area contributed by atoms with E-state index in [4.69, 9.17) is 5.11 Å². The molecule has 0 aliphatic rings. The molecule has 2 aromatic rings. The van der Waals surface area contributed by atoms with E-state index in [9.17, 15) is 4.79 Å². The van der Waals surface area contributed by atoms with Crippen molar-refractivity contribution < 1.29 is 9.90 Å². The van der Waals surface area contributed by atoms with Crippen LogP contribution in [0.1, 0.15) is 21.9 Å². The van der Waals surface area contributed by atoms with Crippen LogP contribution in [-0.4, -0.2) is 37.4 Å². The fourth-order valence-electron chi connectivity index (χ4n) is 1.66. The Morgan fingerprint density at radius 2 is 2.26 bits per heavy atom. The summed E-state index contributed by atoms with van der Waals surface area (Å²) >= 11 is 0. The molecule has 2 rings (SSSR count). The molecule has 2 aromatic heterocycles. The maximum atomic E-state index is 11.1. The van der Waals surface area contributed by atoms with Gasteiger partial charge >= 0.3 is 5.97 Å². The second-order valence-electron chi connectivity index (χ2n) is 4.17. The minimum atomic E-state index is -0.994. The summed E-state index contributed by atoms with van der Waals surface area (Å²) in [6.07, 6.45) is 2.23. The van der Waals surface area contributed by atoms with Gasteiger partial charge in [0, 0.05) is 25.7 Å². The van der Waals surface area contributed by atoms with E-state index in [2.05, 4.69) is 20.4 Å². The Bertz CT molecular complexity index is 594. The molecule has 0 unspecified atom stereocenters. The number of anilines is 1. The van der Waals surface area contributed by atoms with Gasteiger partial charge in [-0.3, -0.25) is 4.68 Å². The SMILES string of the molecule is Cc1ccc(C(=O)O)c(NCCc2ncn(C)n2)n1. The molecular formula is C12H15N5O2. The van der Waals surface area contributed by atoms with Gasteiger partial charge in [0.2, 0.25) is 0 Å². The number of aromatic nitrogens is 4. The molecule has 0 atom stereocenters. The van der Waals surface area contributed by atoms with Crippen LogP contribution in [0, 0.1) is 6.92 Å². The van der Waals surface area contributed by atoms with Crippen LogP contribution in [0.4, 0.5) is 5.82 Å². The lowest BCUT2D eigenvalue weighted by atomic mass is 10.2. The number of aryl methyl sites for hydroxylation is 2. The molecule has 7 nitrogen and oxygen atoms in total. The third-order valence-electron chi connectivity index (χ3n) is 2.55. The summed E-state index contributed by atoms with van der Waals surface area (Å²) in [7, 11) is 1.80. The van der Waals surface area contributed by atoms with Gasteiger partial charge < -0.3 is 10.4 Å². The zero-order valence-electron chi connectivity index (χ0n) is 10.8. The van der Waals surface area contributed by atoms with Crippen molar-refractivity contribution in [1.82, 2.24) is 19.7 Å². The number of nitrogens with zero attached hydrogens (tertiary/aromatic N) is 4. The first kappa shape index (κ1) is 13.0. The number of hydrogen-bond acceptors (Lipinski definition) is 5. The first-order chi connectivity index (χ1) is 9.06. The van der Waals surface area contributed by atoms with Gasteiger partial charge in [-0.15, -0.1) is 0 Å². The molecule has 0 aliphatic carbocycles. The largest absolute Gasteiger partial charge is 0.478 e. The molecule has 0 spiro atoms. The zero-order valence-corrected chi connectivity index (χ0v) is 10.8. The summed E-state index contributed by atoms with van der Waals surface area (Å²) in [5, 5.41) is 16.2. The normalized spacial score (nSPS) is 10.4. The third-order valence-corrected chi connectivity index (χ3v) is 2.55. The number of carbonyl (C=O) groups is 1. The highest BCUT2D eigenvalue weighted by Gasteiger charge is 2.11. The Kier molecular flexibility index (Phi) is 3.74. The topological polar surface area (TPSA) is 92.9 Å². The van der Waals surface area contributed by atoms with Crippen LogP contribution in [0.15, 0.2) is 18.5 Å². The fraction of sp³-hybridized carbons (Fsp3) is 0.333. The van der Waals surface area contributed by atoms with E-state index in [1.54, 1.807) is 30.2 Å². The zero-order chi connectivity index (χ0) is 13.8. The number of rotatable bonds is 5. The Labute approximate surface area is 110 Å². The van der Waals surface area contributed by atoms with Crippen molar-refractivity contribution in [3.63, 3.8) is 0 Å². The standard InChI is InChI=1S/C12H15N5O2/c1-8-3-4-9(12(18)19)11(15-8)13-6-5-10-14-7-17(2)16-10/h3-4,7H,5-6H2,1-2H3,(H,13,15)(H,18,19). The molecule has 19 heavy (non-hydrogen) atoms. The van der Waals surface area contributed by atoms with Gasteiger partial charge in [-0.2, -0.15) is 5.10 Å². The molecule has 0 amide bonds. The second-order valence-corrected chi connectivity index (χ2v) is 4.17. The smallest absolute Gasteiger partial charge is 0.339 e. The van der Waals surface area contributed by atoms with Gasteiger partial charge in [0.15, 0.2) is 5.82 Å². The summed E-state index contributed by atoms with van der Waals surface area (Å²) in [6.45, 7) is 2.35. The predicted molar refractivity (Wildman–Crippen MR) is 69.1 cm³/mol. The molecule has 0 bridgehead atoms. The first-order valence-electron chi connectivity index (χ1n) is 5.85. The number of nitrogens with one attached hydrogen (secondary N) is 1. The van der Waals surface area contributed by atoms with Crippen molar-refractivity contribution in [3.8, 4) is 0 Å². The molecule has 2 heterocycles. The molecule has 0 aliphatic heterocycles. The minimum Gasteiger partial charge on any atom is -0.478 e. The summed E-state index contributed by atoms with van der Waals surface area (Å²) in [5.41, 5.74) is 0.933. The van der Waals surface area contributed by atoms with Crippen LogP contribution in [0.5, 0.6) is 0 Å². The monoisotopic (exact) mass is 261 g/mol. The lowest BCUT2D eigenvalue weighted by Crippen LogP contribution is -2.12.